The molecule has 0 unspecified atom stereocenters. The van der Waals surface area contributed by atoms with Crippen molar-refractivity contribution in [2.24, 2.45) is 0 Å². The van der Waals surface area contributed by atoms with Crippen molar-refractivity contribution in [2.75, 3.05) is 37.7 Å². The van der Waals surface area contributed by atoms with Gasteiger partial charge in [-0.05, 0) is 11.6 Å². The number of hydrogen-bond acceptors (Lipinski definition) is 6. The summed E-state index contributed by atoms with van der Waals surface area (Å²) in [6.45, 7) is 2.63. The number of aliphatic hydroxyl groups is 1. The molecule has 0 bridgehead atoms. The summed E-state index contributed by atoms with van der Waals surface area (Å²) in [5.41, 5.74) is 1.58. The molecule has 7 heteroatoms. The summed E-state index contributed by atoms with van der Waals surface area (Å²) in [4.78, 5) is 4.27. The van der Waals surface area contributed by atoms with E-state index < -0.39 is 9.84 Å². The zero-order valence-electron chi connectivity index (χ0n) is 12.9. The van der Waals surface area contributed by atoms with Crippen molar-refractivity contribution >= 4 is 9.84 Å². The highest BCUT2D eigenvalue weighted by molar-refractivity contribution is 7.91. The zero-order valence-corrected chi connectivity index (χ0v) is 13.7. The van der Waals surface area contributed by atoms with Crippen LogP contribution < -0.4 is 0 Å². The lowest BCUT2D eigenvalue weighted by Crippen LogP contribution is -2.59. The Morgan fingerprint density at radius 2 is 1.83 bits per heavy atom. The van der Waals surface area contributed by atoms with Gasteiger partial charge >= 0.3 is 0 Å². The molecule has 23 heavy (non-hydrogen) atoms. The average Bonchev–Trinajstić information content (AvgIpc) is 2.86. The molecule has 1 aromatic carbocycles. The van der Waals surface area contributed by atoms with Gasteiger partial charge in [-0.1, -0.05) is 18.2 Å². The highest BCUT2D eigenvalue weighted by Gasteiger charge is 2.46. The quantitative estimate of drug-likeness (QED) is 0.823. The molecule has 0 radical (unpaired) electrons. The Hall–Kier alpha value is -1.46. The van der Waals surface area contributed by atoms with Gasteiger partial charge in [-0.15, -0.1) is 0 Å². The number of β-amino-alcohol motifs (C(OH)–C–C–N with tert-alkyl or cyclic N) is 1. The fourth-order valence-corrected chi connectivity index (χ4v) is 5.73. The highest BCUT2D eigenvalue weighted by Crippen LogP contribution is 2.28. The van der Waals surface area contributed by atoms with E-state index in [0.717, 1.165) is 18.7 Å². The van der Waals surface area contributed by atoms with Crippen molar-refractivity contribution in [3.63, 3.8) is 0 Å². The maximum atomic E-state index is 12.1. The van der Waals surface area contributed by atoms with E-state index in [1.165, 1.54) is 0 Å². The van der Waals surface area contributed by atoms with Gasteiger partial charge in [0.1, 0.15) is 0 Å². The van der Waals surface area contributed by atoms with Gasteiger partial charge in [0.05, 0.1) is 29.7 Å². The van der Waals surface area contributed by atoms with Crippen LogP contribution in [0.1, 0.15) is 11.1 Å². The fraction of sp³-hybridized carbons (Fsp3) is 0.562. The Labute approximate surface area is 136 Å². The van der Waals surface area contributed by atoms with Gasteiger partial charge in [-0.25, -0.2) is 8.42 Å². The van der Waals surface area contributed by atoms with Crippen molar-refractivity contribution in [1.29, 1.82) is 5.26 Å². The summed E-state index contributed by atoms with van der Waals surface area (Å²) < 4.78 is 24.2. The summed E-state index contributed by atoms with van der Waals surface area (Å²) >= 11 is 0. The van der Waals surface area contributed by atoms with E-state index in [1.807, 2.05) is 18.2 Å². The molecule has 2 fully saturated rings. The van der Waals surface area contributed by atoms with Gasteiger partial charge in [-0.3, -0.25) is 9.80 Å². The number of nitriles is 1. The summed E-state index contributed by atoms with van der Waals surface area (Å²) in [6.07, 6.45) is 0. The second kappa shape index (κ2) is 6.57. The highest BCUT2D eigenvalue weighted by atomic mass is 32.2. The molecule has 0 aliphatic carbocycles. The standard InChI is InChI=1S/C16H21N3O3S/c17-9-13-3-1-2-4-14(13)10-19-6-5-18(7-8-20)15-11-23(21,22)12-16(15)19/h1-4,15-16,20H,5-8,10-12H2/t15-,16+/m1/s1. The molecule has 2 heterocycles. The first-order chi connectivity index (χ1) is 11.0. The van der Waals surface area contributed by atoms with E-state index in [2.05, 4.69) is 15.9 Å². The Kier molecular flexibility index (Phi) is 4.69. The first-order valence-corrected chi connectivity index (χ1v) is 9.63. The molecule has 2 aliphatic heterocycles. The van der Waals surface area contributed by atoms with Crippen LogP contribution in [0.25, 0.3) is 0 Å². The third-order valence-electron chi connectivity index (χ3n) is 4.80. The van der Waals surface area contributed by atoms with Crippen molar-refractivity contribution < 1.29 is 13.5 Å². The smallest absolute Gasteiger partial charge is 0.153 e. The predicted octanol–water partition coefficient (Wildman–Crippen LogP) is -0.166. The molecule has 2 atom stereocenters. The van der Waals surface area contributed by atoms with Crippen molar-refractivity contribution in [1.82, 2.24) is 9.80 Å². The average molecular weight is 335 g/mol. The molecule has 1 aromatic rings. The molecule has 0 saturated carbocycles. The molecule has 0 amide bonds. The van der Waals surface area contributed by atoms with Crippen LogP contribution in [0.15, 0.2) is 24.3 Å². The summed E-state index contributed by atoms with van der Waals surface area (Å²) in [6, 6.07) is 9.54. The van der Waals surface area contributed by atoms with Crippen molar-refractivity contribution in [2.45, 2.75) is 18.6 Å². The molecule has 1 N–H and O–H groups in total. The minimum atomic E-state index is -3.05. The second-order valence-electron chi connectivity index (χ2n) is 6.21. The molecule has 2 aliphatic rings. The normalized spacial score (nSPS) is 27.5. The Balaban J connectivity index is 1.82. The molecular formula is C16H21N3O3S. The molecule has 0 spiro atoms. The van der Waals surface area contributed by atoms with Crippen LogP contribution in [-0.4, -0.2) is 73.2 Å². The van der Waals surface area contributed by atoms with E-state index >= 15 is 0 Å². The number of nitrogens with zero attached hydrogens (tertiary/aromatic N) is 3. The molecule has 2 saturated heterocycles. The van der Waals surface area contributed by atoms with Crippen LogP contribution in [0, 0.1) is 11.3 Å². The second-order valence-corrected chi connectivity index (χ2v) is 8.36. The SMILES string of the molecule is N#Cc1ccccc1CN1CCN(CCO)[C@@H]2CS(=O)(=O)C[C@@H]21. The van der Waals surface area contributed by atoms with Crippen LogP contribution in [0.3, 0.4) is 0 Å². The molecule has 3 rings (SSSR count). The first-order valence-electron chi connectivity index (χ1n) is 7.81. The van der Waals surface area contributed by atoms with Gasteiger partial charge in [-0.2, -0.15) is 5.26 Å². The summed E-state index contributed by atoms with van der Waals surface area (Å²) in [5, 5.41) is 18.4. The number of benzene rings is 1. The van der Waals surface area contributed by atoms with Crippen LogP contribution >= 0.6 is 0 Å². The third kappa shape index (κ3) is 3.40. The number of sulfone groups is 1. The number of fused-ring (bicyclic) bond motifs is 1. The van der Waals surface area contributed by atoms with Crippen LogP contribution in [0.4, 0.5) is 0 Å². The number of rotatable bonds is 4. The molecule has 0 aromatic heterocycles. The maximum Gasteiger partial charge on any atom is 0.153 e. The van der Waals surface area contributed by atoms with Crippen molar-refractivity contribution in [3.05, 3.63) is 35.4 Å². The van der Waals surface area contributed by atoms with E-state index in [9.17, 15) is 18.8 Å². The van der Waals surface area contributed by atoms with E-state index in [0.29, 0.717) is 18.7 Å². The zero-order chi connectivity index (χ0) is 16.4. The van der Waals surface area contributed by atoms with Crippen LogP contribution in [0.2, 0.25) is 0 Å². The molecular weight excluding hydrogens is 314 g/mol. The van der Waals surface area contributed by atoms with Gasteiger partial charge in [0.15, 0.2) is 9.84 Å². The first kappa shape index (κ1) is 16.4. The monoisotopic (exact) mass is 335 g/mol. The molecule has 124 valence electrons. The fourth-order valence-electron chi connectivity index (χ4n) is 3.69. The lowest BCUT2D eigenvalue weighted by molar-refractivity contribution is 0.0307. The lowest BCUT2D eigenvalue weighted by Gasteiger charge is -2.43. The third-order valence-corrected chi connectivity index (χ3v) is 6.50. The molecule has 6 nitrogen and oxygen atoms in total. The van der Waals surface area contributed by atoms with Crippen LogP contribution in [0.5, 0.6) is 0 Å². The number of piperazine rings is 1. The van der Waals surface area contributed by atoms with Gasteiger partial charge in [0.2, 0.25) is 0 Å². The van der Waals surface area contributed by atoms with E-state index in [1.54, 1.807) is 6.07 Å². The summed E-state index contributed by atoms with van der Waals surface area (Å²) in [5.74, 6) is 0.322. The maximum absolute atomic E-state index is 12.1. The van der Waals surface area contributed by atoms with Crippen molar-refractivity contribution in [3.8, 4) is 6.07 Å². The van der Waals surface area contributed by atoms with Gasteiger partial charge < -0.3 is 5.11 Å². The summed E-state index contributed by atoms with van der Waals surface area (Å²) in [7, 11) is -3.05. The Bertz CT molecular complexity index is 714. The number of hydrogen-bond donors (Lipinski definition) is 1. The van der Waals surface area contributed by atoms with E-state index in [4.69, 9.17) is 0 Å². The predicted molar refractivity (Wildman–Crippen MR) is 86.5 cm³/mol. The number of aliphatic hydroxyl groups excluding tert-OH is 1. The Morgan fingerprint density at radius 3 is 2.52 bits per heavy atom. The van der Waals surface area contributed by atoms with Crippen LogP contribution in [-0.2, 0) is 16.4 Å². The topological polar surface area (TPSA) is 84.6 Å². The van der Waals surface area contributed by atoms with E-state index in [-0.39, 0.29) is 30.2 Å². The minimum Gasteiger partial charge on any atom is -0.395 e. The van der Waals surface area contributed by atoms with Gasteiger partial charge in [0.25, 0.3) is 0 Å². The Morgan fingerprint density at radius 1 is 1.17 bits per heavy atom. The lowest BCUT2D eigenvalue weighted by atomic mass is 10.0. The van der Waals surface area contributed by atoms with Gasteiger partial charge in [0, 0.05) is 38.3 Å². The largest absolute Gasteiger partial charge is 0.395 e. The minimum absolute atomic E-state index is 0.0422.